The molecular weight excluding hydrogens is 497 g/mol. The van der Waals surface area contributed by atoms with Crippen molar-refractivity contribution >= 4 is 41.9 Å². The topological polar surface area (TPSA) is 104 Å². The first-order chi connectivity index (χ1) is 13.6. The van der Waals surface area contributed by atoms with Crippen molar-refractivity contribution in [1.29, 1.82) is 0 Å². The highest BCUT2D eigenvalue weighted by Crippen LogP contribution is 2.26. The fourth-order valence-electron chi connectivity index (χ4n) is 3.04. The molecule has 30 heavy (non-hydrogen) atoms. The molecule has 0 heterocycles. The van der Waals surface area contributed by atoms with Crippen molar-refractivity contribution in [2.45, 2.75) is 84.3 Å². The number of rotatable bonds is 10. The average Bonchev–Trinajstić information content (AvgIpc) is 2.59. The summed E-state index contributed by atoms with van der Waals surface area (Å²) in [7, 11) is 1.72. The summed E-state index contributed by atoms with van der Waals surface area (Å²) in [4.78, 5) is 28.3. The molecule has 0 aliphatic heterocycles. The molecule has 0 bridgehead atoms. The second kappa shape index (κ2) is 13.9. The Morgan fingerprint density at radius 2 is 1.63 bits per heavy atom. The number of halogens is 1. The first-order valence-electron chi connectivity index (χ1n) is 10.9. The maximum atomic E-state index is 12.2. The zero-order chi connectivity index (χ0) is 21.9. The summed E-state index contributed by atoms with van der Waals surface area (Å²) >= 11 is 0. The lowest BCUT2D eigenvalue weighted by Gasteiger charge is -2.34. The number of hydrogen-bond donors (Lipinski definition) is 4. The number of aliphatic imine (C=N–C) groups is 1. The number of ether oxygens (including phenoxy) is 1. The predicted molar refractivity (Wildman–Crippen MR) is 132 cm³/mol. The molecule has 1 aliphatic carbocycles. The predicted octanol–water partition coefficient (Wildman–Crippen LogP) is 3.16. The normalized spacial score (nSPS) is 14.8. The third kappa shape index (κ3) is 10.7. The SMILES string of the molecule is CCC(CC)(CNC(=NC)NCCCNC(=O)C1CCC1)NC(=O)OC(C)(C)C.I. The van der Waals surface area contributed by atoms with Crippen LogP contribution in [0.15, 0.2) is 4.99 Å². The highest BCUT2D eigenvalue weighted by Gasteiger charge is 2.30. The Kier molecular flexibility index (Phi) is 13.3. The van der Waals surface area contributed by atoms with Crippen LogP contribution < -0.4 is 21.3 Å². The minimum Gasteiger partial charge on any atom is -0.444 e. The van der Waals surface area contributed by atoms with E-state index in [0.717, 1.165) is 32.1 Å². The lowest BCUT2D eigenvalue weighted by Crippen LogP contribution is -2.57. The summed E-state index contributed by atoms with van der Waals surface area (Å²) in [5.74, 6) is 1.08. The van der Waals surface area contributed by atoms with Gasteiger partial charge < -0.3 is 26.0 Å². The number of nitrogens with zero attached hydrogens (tertiary/aromatic N) is 1. The van der Waals surface area contributed by atoms with Crippen LogP contribution in [0.25, 0.3) is 0 Å². The largest absolute Gasteiger partial charge is 0.444 e. The number of carbonyl (C=O) groups excluding carboxylic acids is 2. The minimum absolute atomic E-state index is 0. The maximum absolute atomic E-state index is 12.2. The Hall–Kier alpha value is -1.26. The van der Waals surface area contributed by atoms with Gasteiger partial charge in [0, 0.05) is 32.6 Å². The van der Waals surface area contributed by atoms with Crippen molar-refractivity contribution in [3.8, 4) is 0 Å². The standard InChI is InChI=1S/C21H41N5O3.HI/c1-7-21(8-2,26-19(28)29-20(3,4)5)15-25-18(22-6)24-14-10-13-23-17(27)16-11-9-12-16;/h16H,7-15H2,1-6H3,(H,23,27)(H,26,28)(H2,22,24,25);1H. The first kappa shape index (κ1) is 28.7. The van der Waals surface area contributed by atoms with E-state index in [1.807, 2.05) is 34.6 Å². The molecule has 1 aliphatic rings. The molecule has 0 aromatic carbocycles. The maximum Gasteiger partial charge on any atom is 0.408 e. The third-order valence-corrected chi connectivity index (χ3v) is 5.36. The van der Waals surface area contributed by atoms with Crippen molar-refractivity contribution in [2.24, 2.45) is 10.9 Å². The van der Waals surface area contributed by atoms with Gasteiger partial charge in [0.05, 0.1) is 5.54 Å². The van der Waals surface area contributed by atoms with Gasteiger partial charge in [0.25, 0.3) is 0 Å². The quantitative estimate of drug-likeness (QED) is 0.148. The van der Waals surface area contributed by atoms with E-state index in [9.17, 15) is 9.59 Å². The molecule has 0 radical (unpaired) electrons. The van der Waals surface area contributed by atoms with Crippen LogP contribution in [0.5, 0.6) is 0 Å². The Morgan fingerprint density at radius 1 is 1.03 bits per heavy atom. The van der Waals surface area contributed by atoms with Crippen molar-refractivity contribution in [1.82, 2.24) is 21.3 Å². The summed E-state index contributed by atoms with van der Waals surface area (Å²) in [6, 6.07) is 0. The van der Waals surface area contributed by atoms with Gasteiger partial charge in [-0.3, -0.25) is 9.79 Å². The van der Waals surface area contributed by atoms with Gasteiger partial charge in [0.2, 0.25) is 5.91 Å². The number of alkyl carbamates (subject to hydrolysis) is 1. The van der Waals surface area contributed by atoms with E-state index < -0.39 is 17.2 Å². The molecule has 0 spiro atoms. The first-order valence-corrected chi connectivity index (χ1v) is 10.9. The van der Waals surface area contributed by atoms with Crippen LogP contribution in [-0.4, -0.2) is 55.8 Å². The molecule has 8 nitrogen and oxygen atoms in total. The van der Waals surface area contributed by atoms with E-state index in [0.29, 0.717) is 25.6 Å². The number of nitrogens with one attached hydrogen (secondary N) is 4. The zero-order valence-electron chi connectivity index (χ0n) is 19.5. The van der Waals surface area contributed by atoms with E-state index in [1.165, 1.54) is 6.42 Å². The van der Waals surface area contributed by atoms with Gasteiger partial charge in [-0.05, 0) is 52.9 Å². The third-order valence-electron chi connectivity index (χ3n) is 5.36. The number of carbonyl (C=O) groups is 2. The second-order valence-electron chi connectivity index (χ2n) is 8.74. The summed E-state index contributed by atoms with van der Waals surface area (Å²) in [6.45, 7) is 11.5. The van der Waals surface area contributed by atoms with E-state index >= 15 is 0 Å². The van der Waals surface area contributed by atoms with Gasteiger partial charge in [-0.2, -0.15) is 0 Å². The average molecular weight is 540 g/mol. The number of hydrogen-bond acceptors (Lipinski definition) is 4. The van der Waals surface area contributed by atoms with Gasteiger partial charge in [-0.25, -0.2) is 4.79 Å². The van der Waals surface area contributed by atoms with Crippen molar-refractivity contribution in [3.05, 3.63) is 0 Å². The van der Waals surface area contributed by atoms with Gasteiger partial charge >= 0.3 is 6.09 Å². The number of guanidine groups is 1. The van der Waals surface area contributed by atoms with Crippen LogP contribution in [0.1, 0.15) is 73.1 Å². The van der Waals surface area contributed by atoms with E-state index in [1.54, 1.807) is 7.05 Å². The van der Waals surface area contributed by atoms with Crippen molar-refractivity contribution in [2.75, 3.05) is 26.7 Å². The van der Waals surface area contributed by atoms with Gasteiger partial charge in [-0.15, -0.1) is 24.0 Å². The van der Waals surface area contributed by atoms with Crippen LogP contribution in [0, 0.1) is 5.92 Å². The molecule has 9 heteroatoms. The van der Waals surface area contributed by atoms with Crippen molar-refractivity contribution < 1.29 is 14.3 Å². The van der Waals surface area contributed by atoms with Gasteiger partial charge in [0.1, 0.15) is 5.60 Å². The summed E-state index contributed by atoms with van der Waals surface area (Å²) < 4.78 is 5.41. The van der Waals surface area contributed by atoms with E-state index in [-0.39, 0.29) is 35.8 Å². The fraction of sp³-hybridized carbons (Fsp3) is 0.857. The Morgan fingerprint density at radius 3 is 2.10 bits per heavy atom. The highest BCUT2D eigenvalue weighted by atomic mass is 127. The Labute approximate surface area is 199 Å². The van der Waals surface area contributed by atoms with Crippen LogP contribution in [0.2, 0.25) is 0 Å². The highest BCUT2D eigenvalue weighted by molar-refractivity contribution is 14.0. The minimum atomic E-state index is -0.531. The van der Waals surface area contributed by atoms with E-state index in [2.05, 4.69) is 26.3 Å². The fourth-order valence-corrected chi connectivity index (χ4v) is 3.04. The van der Waals surface area contributed by atoms with Gasteiger partial charge in [0.15, 0.2) is 5.96 Å². The monoisotopic (exact) mass is 539 g/mol. The van der Waals surface area contributed by atoms with E-state index in [4.69, 9.17) is 4.74 Å². The lowest BCUT2D eigenvalue weighted by molar-refractivity contribution is -0.127. The van der Waals surface area contributed by atoms with Crippen molar-refractivity contribution in [3.63, 3.8) is 0 Å². The molecule has 0 aromatic heterocycles. The molecule has 1 rings (SSSR count). The molecule has 2 amide bonds. The molecule has 0 atom stereocenters. The Balaban J connectivity index is 0.00000841. The van der Waals surface area contributed by atoms with Crippen LogP contribution >= 0.6 is 24.0 Å². The van der Waals surface area contributed by atoms with Gasteiger partial charge in [-0.1, -0.05) is 20.3 Å². The van der Waals surface area contributed by atoms with Crippen LogP contribution in [-0.2, 0) is 9.53 Å². The second-order valence-corrected chi connectivity index (χ2v) is 8.74. The summed E-state index contributed by atoms with van der Waals surface area (Å²) in [5, 5.41) is 12.6. The smallest absolute Gasteiger partial charge is 0.408 e. The van der Waals surface area contributed by atoms with Crippen LogP contribution in [0.3, 0.4) is 0 Å². The van der Waals surface area contributed by atoms with Crippen LogP contribution in [0.4, 0.5) is 4.79 Å². The molecule has 4 N–H and O–H groups in total. The lowest BCUT2D eigenvalue weighted by atomic mass is 9.85. The molecule has 1 saturated carbocycles. The molecule has 0 aromatic rings. The number of amides is 2. The molecule has 1 fully saturated rings. The summed E-state index contributed by atoms with van der Waals surface area (Å²) in [6.07, 6.45) is 5.15. The summed E-state index contributed by atoms with van der Waals surface area (Å²) in [5.41, 5.74) is -0.951. The molecule has 0 unspecified atom stereocenters. The molecule has 176 valence electrons. The molecule has 0 saturated heterocycles. The zero-order valence-corrected chi connectivity index (χ0v) is 21.9. The Bertz CT molecular complexity index is 555. The molecular formula is C21H42IN5O3.